The van der Waals surface area contributed by atoms with Gasteiger partial charge in [0.25, 0.3) is 5.91 Å². The fourth-order valence-electron chi connectivity index (χ4n) is 3.19. The van der Waals surface area contributed by atoms with Crippen LogP contribution in [0, 0.1) is 6.92 Å². The first-order valence-electron chi connectivity index (χ1n) is 9.78. The molecule has 0 saturated carbocycles. The smallest absolute Gasteiger partial charge is 0.368 e. The number of hydrogen-bond acceptors (Lipinski definition) is 5. The fourth-order valence-corrected chi connectivity index (χ4v) is 3.19. The molecule has 0 aliphatic carbocycles. The van der Waals surface area contributed by atoms with Crippen LogP contribution in [0.4, 0.5) is 24.8 Å². The Morgan fingerprint density at radius 2 is 1.94 bits per heavy atom. The van der Waals surface area contributed by atoms with E-state index in [9.17, 15) is 18.0 Å². The number of nitrogens with one attached hydrogen (secondary N) is 2. The molecule has 2 N–H and O–H groups in total. The molecule has 1 aromatic carbocycles. The maximum atomic E-state index is 13.1. The predicted octanol–water partition coefficient (Wildman–Crippen LogP) is 4.31. The average Bonchev–Trinajstić information content (AvgIpc) is 3.30. The minimum atomic E-state index is -4.49. The van der Waals surface area contributed by atoms with E-state index >= 15 is 0 Å². The molecule has 0 unspecified atom stereocenters. The molecule has 32 heavy (non-hydrogen) atoms. The Bertz CT molecular complexity index is 1290. The van der Waals surface area contributed by atoms with Gasteiger partial charge in [-0.15, -0.1) is 0 Å². The van der Waals surface area contributed by atoms with Crippen LogP contribution < -0.4 is 10.6 Å². The van der Waals surface area contributed by atoms with Gasteiger partial charge >= 0.3 is 6.18 Å². The number of nitrogens with zero attached hydrogens (tertiary/aromatic N) is 5. The Labute approximate surface area is 181 Å². The molecule has 166 valence electrons. The summed E-state index contributed by atoms with van der Waals surface area (Å²) in [7, 11) is 0. The van der Waals surface area contributed by atoms with Gasteiger partial charge in [0.05, 0.1) is 23.1 Å². The molecule has 0 radical (unpaired) electrons. The molecule has 0 atom stereocenters. The molecule has 4 rings (SSSR count). The second-order valence-corrected chi connectivity index (χ2v) is 7.52. The standard InChI is InChI=1S/C21H20F3N7O/c1-12(2)26-17-7-8-30-19(27-17)16(11-25-30)20(32)28-18-9-13(3)29-31(18)15-6-4-5-14(10-15)21(22,23)24/h4-12H,1-3H3,(H,26,27)(H,28,32). The largest absolute Gasteiger partial charge is 0.416 e. The van der Waals surface area contributed by atoms with Crippen molar-refractivity contribution >= 4 is 23.2 Å². The van der Waals surface area contributed by atoms with E-state index in [1.165, 1.54) is 27.5 Å². The molecular weight excluding hydrogens is 423 g/mol. The van der Waals surface area contributed by atoms with Gasteiger partial charge < -0.3 is 10.6 Å². The van der Waals surface area contributed by atoms with Crippen LogP contribution in [0.3, 0.4) is 0 Å². The molecule has 8 nitrogen and oxygen atoms in total. The summed E-state index contributed by atoms with van der Waals surface area (Å²) in [5.41, 5.74) is 0.447. The number of aryl methyl sites for hydroxylation is 1. The van der Waals surface area contributed by atoms with Gasteiger partial charge in [0, 0.05) is 18.3 Å². The van der Waals surface area contributed by atoms with E-state index < -0.39 is 17.6 Å². The molecule has 3 aromatic heterocycles. The molecule has 1 amide bonds. The van der Waals surface area contributed by atoms with Crippen molar-refractivity contribution in [1.29, 1.82) is 0 Å². The Morgan fingerprint density at radius 1 is 1.16 bits per heavy atom. The predicted molar refractivity (Wildman–Crippen MR) is 113 cm³/mol. The highest BCUT2D eigenvalue weighted by Gasteiger charge is 2.30. The van der Waals surface area contributed by atoms with Crippen LogP contribution >= 0.6 is 0 Å². The lowest BCUT2D eigenvalue weighted by molar-refractivity contribution is -0.137. The van der Waals surface area contributed by atoms with Crippen molar-refractivity contribution in [1.82, 2.24) is 24.4 Å². The number of alkyl halides is 3. The van der Waals surface area contributed by atoms with Crippen LogP contribution in [0.2, 0.25) is 0 Å². The van der Waals surface area contributed by atoms with Crippen molar-refractivity contribution < 1.29 is 18.0 Å². The van der Waals surface area contributed by atoms with E-state index in [2.05, 4.69) is 25.8 Å². The van der Waals surface area contributed by atoms with Gasteiger partial charge in [-0.25, -0.2) is 14.2 Å². The van der Waals surface area contributed by atoms with Crippen molar-refractivity contribution in [2.24, 2.45) is 0 Å². The lowest BCUT2D eigenvalue weighted by Gasteiger charge is -2.12. The molecule has 0 aliphatic rings. The number of benzene rings is 1. The number of hydrogen-bond donors (Lipinski definition) is 2. The molecular formula is C21H20F3N7O. The van der Waals surface area contributed by atoms with Crippen LogP contribution in [-0.2, 0) is 6.18 Å². The number of carbonyl (C=O) groups is 1. The van der Waals surface area contributed by atoms with Crippen LogP contribution in [0.25, 0.3) is 11.3 Å². The highest BCUT2D eigenvalue weighted by molar-refractivity contribution is 6.08. The number of fused-ring (bicyclic) bond motifs is 1. The molecule has 0 bridgehead atoms. The zero-order valence-corrected chi connectivity index (χ0v) is 17.5. The second kappa shape index (κ2) is 7.98. The number of aromatic nitrogens is 5. The summed E-state index contributed by atoms with van der Waals surface area (Å²) >= 11 is 0. The Morgan fingerprint density at radius 3 is 2.66 bits per heavy atom. The highest BCUT2D eigenvalue weighted by Crippen LogP contribution is 2.31. The molecule has 0 spiro atoms. The van der Waals surface area contributed by atoms with Crippen molar-refractivity contribution in [3.63, 3.8) is 0 Å². The quantitative estimate of drug-likeness (QED) is 0.480. The van der Waals surface area contributed by atoms with Gasteiger partial charge in [-0.1, -0.05) is 6.07 Å². The SMILES string of the molecule is Cc1cc(NC(=O)c2cnn3ccc(NC(C)C)nc23)n(-c2cccc(C(F)(F)F)c2)n1. The lowest BCUT2D eigenvalue weighted by Crippen LogP contribution is -2.16. The first kappa shape index (κ1) is 21.3. The van der Waals surface area contributed by atoms with E-state index in [1.807, 2.05) is 13.8 Å². The number of carbonyl (C=O) groups excluding carboxylic acids is 1. The van der Waals surface area contributed by atoms with E-state index in [1.54, 1.807) is 25.3 Å². The second-order valence-electron chi connectivity index (χ2n) is 7.52. The summed E-state index contributed by atoms with van der Waals surface area (Å²) in [4.78, 5) is 17.4. The molecule has 3 heterocycles. The summed E-state index contributed by atoms with van der Waals surface area (Å²) in [6.45, 7) is 5.61. The maximum Gasteiger partial charge on any atom is 0.416 e. The van der Waals surface area contributed by atoms with Crippen molar-refractivity contribution in [3.8, 4) is 5.69 Å². The third-order valence-electron chi connectivity index (χ3n) is 4.54. The van der Waals surface area contributed by atoms with Gasteiger partial charge in [0.15, 0.2) is 5.65 Å². The Hall–Kier alpha value is -3.89. The normalized spacial score (nSPS) is 11.8. The number of amides is 1. The summed E-state index contributed by atoms with van der Waals surface area (Å²) in [6, 6.07) is 8.19. The van der Waals surface area contributed by atoms with Crippen molar-refractivity contribution in [3.05, 3.63) is 65.6 Å². The number of anilines is 2. The average molecular weight is 443 g/mol. The summed E-state index contributed by atoms with van der Waals surface area (Å²) < 4.78 is 42.1. The minimum absolute atomic E-state index is 0.148. The van der Waals surface area contributed by atoms with Crippen molar-refractivity contribution in [2.45, 2.75) is 33.0 Å². The third kappa shape index (κ3) is 4.27. The molecule has 4 aromatic rings. The lowest BCUT2D eigenvalue weighted by atomic mass is 10.2. The van der Waals surface area contributed by atoms with Gasteiger partial charge in [-0.05, 0) is 45.0 Å². The summed E-state index contributed by atoms with van der Waals surface area (Å²) in [6.07, 6.45) is -1.43. The van der Waals surface area contributed by atoms with Gasteiger partial charge in [-0.2, -0.15) is 23.4 Å². The van der Waals surface area contributed by atoms with Crippen LogP contribution in [0.1, 0.15) is 35.5 Å². The zero-order chi connectivity index (χ0) is 23.0. The van der Waals surface area contributed by atoms with E-state index in [0.29, 0.717) is 17.2 Å². The molecule has 0 saturated heterocycles. The van der Waals surface area contributed by atoms with Gasteiger partial charge in [-0.3, -0.25) is 4.79 Å². The molecule has 0 aliphatic heterocycles. The number of rotatable bonds is 5. The van der Waals surface area contributed by atoms with Crippen LogP contribution in [-0.4, -0.2) is 36.3 Å². The van der Waals surface area contributed by atoms with Crippen molar-refractivity contribution in [2.75, 3.05) is 10.6 Å². The first-order valence-corrected chi connectivity index (χ1v) is 9.78. The monoisotopic (exact) mass is 443 g/mol. The van der Waals surface area contributed by atoms with Gasteiger partial charge in [0.1, 0.15) is 17.2 Å². The maximum absolute atomic E-state index is 13.1. The zero-order valence-electron chi connectivity index (χ0n) is 17.5. The Balaban J connectivity index is 1.67. The summed E-state index contributed by atoms with van der Waals surface area (Å²) in [5.74, 6) is 0.303. The molecule has 11 heteroatoms. The molecule has 0 fully saturated rings. The van der Waals surface area contributed by atoms with Crippen LogP contribution in [0.5, 0.6) is 0 Å². The van der Waals surface area contributed by atoms with Gasteiger partial charge in [0.2, 0.25) is 0 Å². The fraction of sp³-hybridized carbons (Fsp3) is 0.238. The van der Waals surface area contributed by atoms with Crippen LogP contribution in [0.15, 0.2) is 48.8 Å². The summed E-state index contributed by atoms with van der Waals surface area (Å²) in [5, 5.41) is 14.3. The first-order chi connectivity index (χ1) is 15.1. The number of halogens is 3. The highest BCUT2D eigenvalue weighted by atomic mass is 19.4. The van der Waals surface area contributed by atoms with E-state index in [0.717, 1.165) is 12.1 Å². The third-order valence-corrected chi connectivity index (χ3v) is 4.54. The van der Waals surface area contributed by atoms with E-state index in [-0.39, 0.29) is 23.1 Å². The topological polar surface area (TPSA) is 89.1 Å². The Kier molecular flexibility index (Phi) is 5.33. The minimum Gasteiger partial charge on any atom is -0.368 e. The van der Waals surface area contributed by atoms with E-state index in [4.69, 9.17) is 0 Å².